The Balaban J connectivity index is 1.80. The van der Waals surface area contributed by atoms with E-state index in [-0.39, 0.29) is 11.8 Å². The molecule has 0 saturated heterocycles. The fraction of sp³-hybridized carbons (Fsp3) is 0.105. The zero-order valence-corrected chi connectivity index (χ0v) is 15.0. The molecule has 0 radical (unpaired) electrons. The van der Waals surface area contributed by atoms with Gasteiger partial charge in [0.1, 0.15) is 5.69 Å². The van der Waals surface area contributed by atoms with Crippen LogP contribution in [0.4, 0.5) is 11.4 Å². The van der Waals surface area contributed by atoms with Gasteiger partial charge in [-0.25, -0.2) is 0 Å². The highest BCUT2D eigenvalue weighted by atomic mass is 35.5. The minimum absolute atomic E-state index is 0.292. The van der Waals surface area contributed by atoms with Crippen LogP contribution < -0.4 is 10.6 Å². The van der Waals surface area contributed by atoms with E-state index in [0.29, 0.717) is 27.7 Å². The zero-order valence-electron chi connectivity index (χ0n) is 14.3. The van der Waals surface area contributed by atoms with Crippen LogP contribution in [-0.4, -0.2) is 21.6 Å². The van der Waals surface area contributed by atoms with Gasteiger partial charge in [0.25, 0.3) is 11.8 Å². The predicted octanol–water partition coefficient (Wildman–Crippen LogP) is 3.89. The third-order valence-corrected chi connectivity index (χ3v) is 4.02. The summed E-state index contributed by atoms with van der Waals surface area (Å²) in [7, 11) is 1.70. The van der Waals surface area contributed by atoms with Crippen molar-refractivity contribution >= 4 is 34.8 Å². The third kappa shape index (κ3) is 3.92. The summed E-state index contributed by atoms with van der Waals surface area (Å²) in [5.74, 6) is -0.596. The van der Waals surface area contributed by atoms with Gasteiger partial charge in [-0.1, -0.05) is 23.7 Å². The number of hydrogen-bond donors (Lipinski definition) is 2. The Morgan fingerprint density at radius 2 is 1.54 bits per heavy atom. The van der Waals surface area contributed by atoms with Crippen molar-refractivity contribution < 1.29 is 9.59 Å². The van der Waals surface area contributed by atoms with Gasteiger partial charge in [-0.3, -0.25) is 14.3 Å². The topological polar surface area (TPSA) is 76.0 Å². The minimum Gasteiger partial charge on any atom is -0.320 e. The number of rotatable bonds is 4. The van der Waals surface area contributed by atoms with Crippen LogP contribution in [-0.2, 0) is 7.05 Å². The highest BCUT2D eigenvalue weighted by Gasteiger charge is 2.15. The first-order valence-electron chi connectivity index (χ1n) is 7.92. The highest BCUT2D eigenvalue weighted by Crippen LogP contribution is 2.23. The molecule has 0 fully saturated rings. The van der Waals surface area contributed by atoms with Crippen molar-refractivity contribution in [2.45, 2.75) is 6.92 Å². The van der Waals surface area contributed by atoms with Crippen LogP contribution in [0.3, 0.4) is 0 Å². The van der Waals surface area contributed by atoms with Gasteiger partial charge in [-0.05, 0) is 49.4 Å². The molecule has 0 atom stereocenters. The first kappa shape index (κ1) is 17.7. The smallest absolute Gasteiger partial charge is 0.273 e. The molecule has 0 bridgehead atoms. The van der Waals surface area contributed by atoms with Gasteiger partial charge in [0.05, 0.1) is 17.1 Å². The van der Waals surface area contributed by atoms with Crippen LogP contribution in [0, 0.1) is 6.92 Å². The molecule has 132 valence electrons. The molecule has 7 heteroatoms. The van der Waals surface area contributed by atoms with Crippen LogP contribution in [0.2, 0.25) is 5.02 Å². The highest BCUT2D eigenvalue weighted by molar-refractivity contribution is 6.30. The average molecular weight is 369 g/mol. The number of para-hydroxylation sites is 2. The molecule has 26 heavy (non-hydrogen) atoms. The lowest BCUT2D eigenvalue weighted by atomic mass is 10.2. The van der Waals surface area contributed by atoms with E-state index in [2.05, 4.69) is 15.7 Å². The van der Waals surface area contributed by atoms with Crippen molar-refractivity contribution in [1.82, 2.24) is 9.78 Å². The van der Waals surface area contributed by atoms with Gasteiger partial charge in [0.2, 0.25) is 0 Å². The number of benzene rings is 2. The normalized spacial score (nSPS) is 10.4. The Morgan fingerprint density at radius 1 is 0.962 bits per heavy atom. The number of carbonyl (C=O) groups excluding carboxylic acids is 2. The summed E-state index contributed by atoms with van der Waals surface area (Å²) in [5, 5.41) is 10.3. The quantitative estimate of drug-likeness (QED) is 0.733. The molecule has 0 saturated carbocycles. The summed E-state index contributed by atoms with van der Waals surface area (Å²) in [6.07, 6.45) is 0. The fourth-order valence-electron chi connectivity index (χ4n) is 2.51. The molecular formula is C19H17ClN4O2. The SMILES string of the molecule is Cc1cc(C(=O)Nc2ccccc2NC(=O)c2ccc(Cl)cc2)n(C)n1. The number of hydrogen-bond acceptors (Lipinski definition) is 3. The van der Waals surface area contributed by atoms with Gasteiger partial charge in [-0.2, -0.15) is 5.10 Å². The molecule has 2 N–H and O–H groups in total. The summed E-state index contributed by atoms with van der Waals surface area (Å²) >= 11 is 5.85. The van der Waals surface area contributed by atoms with Gasteiger partial charge >= 0.3 is 0 Å². The summed E-state index contributed by atoms with van der Waals surface area (Å²) in [4.78, 5) is 24.9. The average Bonchev–Trinajstić information content (AvgIpc) is 2.95. The van der Waals surface area contributed by atoms with Crippen LogP contribution >= 0.6 is 11.6 Å². The van der Waals surface area contributed by atoms with E-state index in [1.165, 1.54) is 4.68 Å². The molecule has 0 spiro atoms. The second-order valence-electron chi connectivity index (χ2n) is 5.76. The lowest BCUT2D eigenvalue weighted by molar-refractivity contribution is 0.101. The van der Waals surface area contributed by atoms with Gasteiger partial charge in [0, 0.05) is 17.6 Å². The van der Waals surface area contributed by atoms with Crippen LogP contribution in [0.15, 0.2) is 54.6 Å². The zero-order chi connectivity index (χ0) is 18.7. The van der Waals surface area contributed by atoms with Gasteiger partial charge < -0.3 is 10.6 Å². The molecular weight excluding hydrogens is 352 g/mol. The van der Waals surface area contributed by atoms with E-state index in [9.17, 15) is 9.59 Å². The lowest BCUT2D eigenvalue weighted by Crippen LogP contribution is -2.18. The summed E-state index contributed by atoms with van der Waals surface area (Å²) in [6.45, 7) is 1.82. The summed E-state index contributed by atoms with van der Waals surface area (Å²) < 4.78 is 1.51. The van der Waals surface area contributed by atoms with E-state index in [1.54, 1.807) is 61.6 Å². The summed E-state index contributed by atoms with van der Waals surface area (Å²) in [5.41, 5.74) is 2.65. The molecule has 2 amide bonds. The largest absolute Gasteiger partial charge is 0.320 e. The van der Waals surface area contributed by atoms with E-state index in [4.69, 9.17) is 11.6 Å². The monoisotopic (exact) mass is 368 g/mol. The van der Waals surface area contributed by atoms with Crippen LogP contribution in [0.25, 0.3) is 0 Å². The fourth-order valence-corrected chi connectivity index (χ4v) is 2.63. The maximum Gasteiger partial charge on any atom is 0.273 e. The van der Waals surface area contributed by atoms with E-state index < -0.39 is 0 Å². The Labute approximate surface area is 155 Å². The van der Waals surface area contributed by atoms with E-state index >= 15 is 0 Å². The number of amides is 2. The van der Waals surface area contributed by atoms with Crippen molar-refractivity contribution in [2.75, 3.05) is 10.6 Å². The van der Waals surface area contributed by atoms with Crippen molar-refractivity contribution in [2.24, 2.45) is 7.05 Å². The number of halogens is 1. The van der Waals surface area contributed by atoms with Crippen molar-refractivity contribution in [3.05, 3.63) is 76.6 Å². The first-order valence-corrected chi connectivity index (χ1v) is 8.30. The molecule has 3 aromatic rings. The Morgan fingerprint density at radius 3 is 2.08 bits per heavy atom. The van der Waals surface area contributed by atoms with Crippen molar-refractivity contribution in [1.29, 1.82) is 0 Å². The van der Waals surface area contributed by atoms with Gasteiger partial charge in [-0.15, -0.1) is 0 Å². The molecule has 0 unspecified atom stereocenters. The lowest BCUT2D eigenvalue weighted by Gasteiger charge is -2.12. The third-order valence-electron chi connectivity index (χ3n) is 3.76. The molecule has 0 aliphatic carbocycles. The Bertz CT molecular complexity index is 964. The molecule has 1 aromatic heterocycles. The number of nitrogens with zero attached hydrogens (tertiary/aromatic N) is 2. The molecule has 6 nitrogen and oxygen atoms in total. The second-order valence-corrected chi connectivity index (χ2v) is 6.19. The molecule has 3 rings (SSSR count). The Hall–Kier alpha value is -3.12. The van der Waals surface area contributed by atoms with Crippen LogP contribution in [0.1, 0.15) is 26.5 Å². The predicted molar refractivity (Wildman–Crippen MR) is 102 cm³/mol. The molecule has 2 aromatic carbocycles. The van der Waals surface area contributed by atoms with E-state index in [0.717, 1.165) is 5.69 Å². The summed E-state index contributed by atoms with van der Waals surface area (Å²) in [6, 6.07) is 15.3. The number of carbonyl (C=O) groups is 2. The number of aryl methyl sites for hydroxylation is 2. The maximum absolute atomic E-state index is 12.5. The van der Waals surface area contributed by atoms with Crippen LogP contribution in [0.5, 0.6) is 0 Å². The van der Waals surface area contributed by atoms with Crippen molar-refractivity contribution in [3.63, 3.8) is 0 Å². The molecule has 1 heterocycles. The number of nitrogens with one attached hydrogen (secondary N) is 2. The molecule has 0 aliphatic heterocycles. The molecule has 0 aliphatic rings. The number of anilines is 2. The van der Waals surface area contributed by atoms with E-state index in [1.807, 2.05) is 6.92 Å². The van der Waals surface area contributed by atoms with Crippen molar-refractivity contribution in [3.8, 4) is 0 Å². The minimum atomic E-state index is -0.304. The maximum atomic E-state index is 12.5. The first-order chi connectivity index (χ1) is 12.4. The van der Waals surface area contributed by atoms with Gasteiger partial charge in [0.15, 0.2) is 0 Å². The standard InChI is InChI=1S/C19H17ClN4O2/c1-12-11-17(24(2)23-12)19(26)22-16-6-4-3-5-15(16)21-18(25)13-7-9-14(20)10-8-13/h3-11H,1-2H3,(H,21,25)(H,22,26). The second kappa shape index (κ2) is 7.41. The Kier molecular flexibility index (Phi) is 5.04. The number of aromatic nitrogens is 2.